The lowest BCUT2D eigenvalue weighted by Crippen LogP contribution is -2.47. The molecule has 1 aromatic carbocycles. The maximum absolute atomic E-state index is 12.2. The minimum absolute atomic E-state index is 0.203. The summed E-state index contributed by atoms with van der Waals surface area (Å²) >= 11 is 17.8. The average molecular weight is 428 g/mol. The molecule has 1 heterocycles. The Morgan fingerprint density at radius 1 is 1.28 bits per heavy atom. The number of nitrogens with zero attached hydrogens (tertiary/aromatic N) is 1. The van der Waals surface area contributed by atoms with Crippen LogP contribution in [0.25, 0.3) is 0 Å². The van der Waals surface area contributed by atoms with Gasteiger partial charge in [-0.3, -0.25) is 4.79 Å². The predicted octanol–water partition coefficient (Wildman–Crippen LogP) is 3.08. The van der Waals surface area contributed by atoms with E-state index >= 15 is 0 Å². The van der Waals surface area contributed by atoms with E-state index in [2.05, 4.69) is 11.3 Å². The van der Waals surface area contributed by atoms with Crippen molar-refractivity contribution in [1.82, 2.24) is 9.62 Å². The van der Waals surface area contributed by atoms with E-state index in [9.17, 15) is 13.2 Å². The van der Waals surface area contributed by atoms with Crippen molar-refractivity contribution in [2.45, 2.75) is 18.9 Å². The van der Waals surface area contributed by atoms with Gasteiger partial charge in [-0.05, 0) is 25.0 Å². The second-order valence-corrected chi connectivity index (χ2v) is 8.38. The summed E-state index contributed by atoms with van der Waals surface area (Å²) in [5.41, 5.74) is 0. The predicted molar refractivity (Wildman–Crippen MR) is 98.8 cm³/mol. The summed E-state index contributed by atoms with van der Waals surface area (Å²) in [6.07, 6.45) is 1.03. The lowest BCUT2D eigenvalue weighted by molar-refractivity contribution is -0.134. The molecule has 138 valence electrons. The van der Waals surface area contributed by atoms with Crippen LogP contribution in [-0.2, 0) is 14.8 Å². The molecule has 1 N–H and O–H groups in total. The number of nitrogens with one attached hydrogen (secondary N) is 1. The third-order valence-electron chi connectivity index (χ3n) is 3.70. The maximum Gasteiger partial charge on any atom is 0.260 e. The summed E-state index contributed by atoms with van der Waals surface area (Å²) in [5.74, 6) is -0.0261. The molecule has 1 aliphatic heterocycles. The molecule has 2 rings (SSSR count). The molecule has 6 nitrogen and oxygen atoms in total. The van der Waals surface area contributed by atoms with E-state index in [1.807, 2.05) is 0 Å². The van der Waals surface area contributed by atoms with Crippen LogP contribution in [0.1, 0.15) is 12.8 Å². The average Bonchev–Trinajstić information content (AvgIpc) is 2.54. The number of amides is 1. The number of rotatable bonds is 6. The number of ether oxygens (including phenoxy) is 1. The Bertz CT molecular complexity index is 739. The van der Waals surface area contributed by atoms with Gasteiger partial charge in [0, 0.05) is 29.6 Å². The zero-order valence-electron chi connectivity index (χ0n) is 13.2. The zero-order valence-corrected chi connectivity index (χ0v) is 16.3. The Hall–Kier alpha value is -0.990. The molecule has 10 heteroatoms. The molecule has 25 heavy (non-hydrogen) atoms. The Kier molecular flexibility index (Phi) is 6.99. The van der Waals surface area contributed by atoms with E-state index < -0.39 is 10.0 Å². The number of carbonyl (C=O) groups is 1. The first-order valence-electron chi connectivity index (χ1n) is 7.41. The highest BCUT2D eigenvalue weighted by molar-refractivity contribution is 7.92. The first-order chi connectivity index (χ1) is 11.7. The Labute approximate surface area is 161 Å². The van der Waals surface area contributed by atoms with Crippen LogP contribution >= 0.6 is 34.8 Å². The van der Waals surface area contributed by atoms with Gasteiger partial charge in [-0.1, -0.05) is 41.4 Å². The van der Waals surface area contributed by atoms with Crippen molar-refractivity contribution >= 4 is 50.7 Å². The van der Waals surface area contributed by atoms with Crippen molar-refractivity contribution in [1.29, 1.82) is 0 Å². The highest BCUT2D eigenvalue weighted by atomic mass is 35.5. The summed E-state index contributed by atoms with van der Waals surface area (Å²) in [6.45, 7) is 3.88. The van der Waals surface area contributed by atoms with Gasteiger partial charge in [0.2, 0.25) is 10.0 Å². The number of carbonyl (C=O) groups excluding carboxylic acids is 1. The molecule has 0 saturated carbocycles. The van der Waals surface area contributed by atoms with Crippen molar-refractivity contribution < 1.29 is 17.9 Å². The van der Waals surface area contributed by atoms with Gasteiger partial charge in [0.15, 0.2) is 12.4 Å². The molecule has 0 aliphatic carbocycles. The molecule has 0 bridgehead atoms. The van der Waals surface area contributed by atoms with Crippen LogP contribution < -0.4 is 9.46 Å². The quantitative estimate of drug-likeness (QED) is 0.757. The fourth-order valence-corrected chi connectivity index (χ4v) is 4.14. The molecule has 1 amide bonds. The van der Waals surface area contributed by atoms with E-state index in [1.54, 1.807) is 4.90 Å². The lowest BCUT2D eigenvalue weighted by atomic mass is 10.1. The number of hydrogen-bond donors (Lipinski definition) is 1. The highest BCUT2D eigenvalue weighted by Crippen LogP contribution is 2.35. The molecule has 1 aliphatic rings. The second kappa shape index (κ2) is 8.60. The van der Waals surface area contributed by atoms with Crippen LogP contribution in [0.3, 0.4) is 0 Å². The Balaban J connectivity index is 1.86. The summed E-state index contributed by atoms with van der Waals surface area (Å²) in [4.78, 5) is 13.9. The molecule has 0 atom stereocenters. The van der Waals surface area contributed by atoms with E-state index in [0.29, 0.717) is 31.0 Å². The van der Waals surface area contributed by atoms with Gasteiger partial charge in [0.05, 0.1) is 10.0 Å². The minimum atomic E-state index is -3.47. The van der Waals surface area contributed by atoms with Crippen LogP contribution in [0.15, 0.2) is 24.1 Å². The molecule has 1 saturated heterocycles. The summed E-state index contributed by atoms with van der Waals surface area (Å²) in [6, 6.07) is 2.74. The standard InChI is InChI=1S/C15H17Cl3N2O4S/c1-2-25(22,23)19-11-3-5-20(6-4-11)14(21)9-24-15-12(17)7-10(16)8-13(15)18/h2,7-8,11,19H,1,3-6,9H2. The molecule has 0 spiro atoms. The monoisotopic (exact) mass is 426 g/mol. The van der Waals surface area contributed by atoms with Gasteiger partial charge < -0.3 is 9.64 Å². The fourth-order valence-electron chi connectivity index (χ4n) is 2.42. The number of halogens is 3. The van der Waals surface area contributed by atoms with Gasteiger partial charge in [-0.25, -0.2) is 13.1 Å². The van der Waals surface area contributed by atoms with E-state index in [-0.39, 0.29) is 34.4 Å². The van der Waals surface area contributed by atoms with E-state index in [1.165, 1.54) is 12.1 Å². The molecular weight excluding hydrogens is 411 g/mol. The Morgan fingerprint density at radius 3 is 2.36 bits per heavy atom. The number of piperidine rings is 1. The highest BCUT2D eigenvalue weighted by Gasteiger charge is 2.25. The zero-order chi connectivity index (χ0) is 18.6. The van der Waals surface area contributed by atoms with E-state index in [0.717, 1.165) is 5.41 Å². The number of benzene rings is 1. The molecule has 1 fully saturated rings. The first-order valence-corrected chi connectivity index (χ1v) is 10.1. The van der Waals surface area contributed by atoms with Crippen molar-refractivity contribution in [3.05, 3.63) is 39.2 Å². The lowest BCUT2D eigenvalue weighted by Gasteiger charge is -2.32. The number of sulfonamides is 1. The summed E-state index contributed by atoms with van der Waals surface area (Å²) in [7, 11) is -3.47. The van der Waals surface area contributed by atoms with Gasteiger partial charge in [0.25, 0.3) is 5.91 Å². The molecule has 0 unspecified atom stereocenters. The first kappa shape index (κ1) is 20.3. The van der Waals surface area contributed by atoms with Crippen molar-refractivity contribution in [3.63, 3.8) is 0 Å². The van der Waals surface area contributed by atoms with Gasteiger partial charge >= 0.3 is 0 Å². The largest absolute Gasteiger partial charge is 0.481 e. The second-order valence-electron chi connectivity index (χ2n) is 5.47. The summed E-state index contributed by atoms with van der Waals surface area (Å²) < 4.78 is 30.9. The van der Waals surface area contributed by atoms with Crippen LogP contribution in [0.4, 0.5) is 0 Å². The summed E-state index contributed by atoms with van der Waals surface area (Å²) in [5, 5.41) is 1.70. The van der Waals surface area contributed by atoms with Crippen LogP contribution in [0.2, 0.25) is 15.1 Å². The smallest absolute Gasteiger partial charge is 0.260 e. The third kappa shape index (κ3) is 5.76. The van der Waals surface area contributed by atoms with Gasteiger partial charge in [0.1, 0.15) is 0 Å². The topological polar surface area (TPSA) is 75.7 Å². The van der Waals surface area contributed by atoms with Crippen molar-refractivity contribution in [3.8, 4) is 5.75 Å². The van der Waals surface area contributed by atoms with Gasteiger partial charge in [-0.2, -0.15) is 0 Å². The van der Waals surface area contributed by atoms with E-state index in [4.69, 9.17) is 39.5 Å². The molecule has 1 aromatic rings. The maximum atomic E-state index is 12.2. The fraction of sp³-hybridized carbons (Fsp3) is 0.400. The van der Waals surface area contributed by atoms with Crippen LogP contribution in [0, 0.1) is 0 Å². The molecular formula is C15H17Cl3N2O4S. The van der Waals surface area contributed by atoms with Crippen LogP contribution in [0.5, 0.6) is 5.75 Å². The van der Waals surface area contributed by atoms with Gasteiger partial charge in [-0.15, -0.1) is 0 Å². The molecule has 0 radical (unpaired) electrons. The molecule has 0 aromatic heterocycles. The number of likely N-dealkylation sites (tertiary alicyclic amines) is 1. The van der Waals surface area contributed by atoms with Crippen molar-refractivity contribution in [2.75, 3.05) is 19.7 Å². The SMILES string of the molecule is C=CS(=O)(=O)NC1CCN(C(=O)COc2c(Cl)cc(Cl)cc2Cl)CC1. The van der Waals surface area contributed by atoms with Crippen LogP contribution in [-0.4, -0.2) is 45.0 Å². The normalized spacial score (nSPS) is 15.9. The third-order valence-corrected chi connectivity index (χ3v) is 5.58. The Morgan fingerprint density at radius 2 is 1.84 bits per heavy atom. The minimum Gasteiger partial charge on any atom is -0.481 e. The van der Waals surface area contributed by atoms with Crippen molar-refractivity contribution in [2.24, 2.45) is 0 Å². The number of hydrogen-bond acceptors (Lipinski definition) is 4.